The van der Waals surface area contributed by atoms with E-state index >= 15 is 0 Å². The van der Waals surface area contributed by atoms with E-state index in [9.17, 15) is 58.5 Å². The Morgan fingerprint density at radius 2 is 1.28 bits per heavy atom. The predicted octanol–water partition coefficient (Wildman–Crippen LogP) is 2.55. The van der Waals surface area contributed by atoms with Crippen molar-refractivity contribution in [1.82, 2.24) is 41.7 Å². The summed E-state index contributed by atoms with van der Waals surface area (Å²) in [6.45, 7) is 4.81. The maximum Gasteiger partial charge on any atom is 0.289 e. The molecule has 0 spiro atoms. The number of rotatable bonds is 26. The van der Waals surface area contributed by atoms with Gasteiger partial charge in [-0.25, -0.2) is 0 Å². The normalized spacial score (nSPS) is 16.9. The topological polar surface area (TPSA) is 293 Å². The monoisotopic (exact) mass is 993 g/mol. The quantitative estimate of drug-likeness (QED) is 0.0486. The number of ketones is 1. The lowest BCUT2D eigenvalue weighted by molar-refractivity contribution is -0.142. The Hall–Kier alpha value is -6.57. The molecular formula is C51H76N8O12. The molecular weight excluding hydrogens is 917 g/mol. The highest BCUT2D eigenvalue weighted by Gasteiger charge is 2.35. The maximum atomic E-state index is 14.1. The SMILES string of the molecule is CCCCCCCCCCCCCCCC(=O)N(C)[C@H](CO)C(=O)N[C@H](C)C(=O)NCC(=O)N(C)[C@@H]1C(=O)N[C@@H](C)C(=O)N[C@H](C(=O)N[C@@H](C)C(=O)C(=O)NC)Cc2ccc(O)c(c2)-c2cc1ccc2O. The largest absolute Gasteiger partial charge is 0.507 e. The number of aromatic hydroxyl groups is 2. The van der Waals surface area contributed by atoms with Crippen LogP contribution in [0.3, 0.4) is 0 Å². The van der Waals surface area contributed by atoms with Crippen molar-refractivity contribution in [3.8, 4) is 22.6 Å². The first-order valence-corrected chi connectivity index (χ1v) is 24.8. The zero-order valence-corrected chi connectivity index (χ0v) is 42.4. The number of phenols is 2. The third-order valence-corrected chi connectivity index (χ3v) is 12.7. The molecule has 4 bridgehead atoms. The molecule has 0 saturated carbocycles. The van der Waals surface area contributed by atoms with E-state index in [4.69, 9.17) is 0 Å². The molecule has 0 aliphatic carbocycles. The number of nitrogens with zero attached hydrogens (tertiary/aromatic N) is 2. The molecule has 0 saturated heterocycles. The van der Waals surface area contributed by atoms with E-state index in [-0.39, 0.29) is 46.9 Å². The van der Waals surface area contributed by atoms with Crippen LogP contribution in [0.2, 0.25) is 0 Å². The molecule has 2 aromatic carbocycles. The summed E-state index contributed by atoms with van der Waals surface area (Å²) in [5.74, 6) is -7.82. The minimum Gasteiger partial charge on any atom is -0.507 e. The van der Waals surface area contributed by atoms with Gasteiger partial charge in [0.1, 0.15) is 41.7 Å². The Kier molecular flexibility index (Phi) is 24.5. The van der Waals surface area contributed by atoms with E-state index in [1.807, 2.05) is 0 Å². The van der Waals surface area contributed by atoms with Gasteiger partial charge in [0.2, 0.25) is 47.1 Å². The van der Waals surface area contributed by atoms with Gasteiger partial charge in [0, 0.05) is 45.1 Å². The van der Waals surface area contributed by atoms with Gasteiger partial charge in [-0.15, -0.1) is 0 Å². The minimum atomic E-state index is -1.52. The van der Waals surface area contributed by atoms with Crippen LogP contribution in [0.1, 0.15) is 135 Å². The molecule has 9 N–H and O–H groups in total. The summed E-state index contributed by atoms with van der Waals surface area (Å²) in [7, 11) is 3.93. The van der Waals surface area contributed by atoms with Crippen molar-refractivity contribution in [3.63, 3.8) is 0 Å². The number of nitrogens with one attached hydrogen (secondary N) is 6. The van der Waals surface area contributed by atoms with Gasteiger partial charge in [0.05, 0.1) is 19.2 Å². The Balaban J connectivity index is 1.67. The van der Waals surface area contributed by atoms with Gasteiger partial charge in [-0.2, -0.15) is 0 Å². The standard InChI is InChI=1S/C51H76N8O12/c1-8-9-10-11-12-13-14-15-16-17-18-19-20-21-42(63)58(6)39(30-60)49(69)55-32(3)46(66)53-29-43(64)59(7)44-35-23-25-41(62)37(28-35)36-26-34(22-24-40(36)61)27-38(57-47(67)33(4)56-50(44)70)48(68)54-31(2)45(65)51(71)52-5/h22-26,28,31-33,38-39,44,60-62H,8-21,27,29-30H2,1-7H3,(H,52,71)(H,53,66)(H,54,68)(H,55,69)(H,56,70)(H,57,67)/t31-,32+,33-,38-,39+,44-/m0/s1. The van der Waals surface area contributed by atoms with Crippen molar-refractivity contribution in [2.45, 2.75) is 160 Å². The fourth-order valence-corrected chi connectivity index (χ4v) is 8.20. The lowest BCUT2D eigenvalue weighted by Gasteiger charge is -2.30. The molecule has 0 fully saturated rings. The summed E-state index contributed by atoms with van der Waals surface area (Å²) >= 11 is 0. The molecule has 6 atom stereocenters. The van der Waals surface area contributed by atoms with E-state index < -0.39 is 96.5 Å². The highest BCUT2D eigenvalue weighted by Crippen LogP contribution is 2.38. The molecule has 8 amide bonds. The van der Waals surface area contributed by atoms with Gasteiger partial charge >= 0.3 is 0 Å². The average Bonchev–Trinajstić information content (AvgIpc) is 3.34. The number of carbonyl (C=O) groups is 9. The molecule has 71 heavy (non-hydrogen) atoms. The Labute approximate surface area is 416 Å². The van der Waals surface area contributed by atoms with Gasteiger partial charge in [-0.1, -0.05) is 96.1 Å². The average molecular weight is 993 g/mol. The van der Waals surface area contributed by atoms with E-state index in [0.717, 1.165) is 35.5 Å². The van der Waals surface area contributed by atoms with E-state index in [1.165, 1.54) is 130 Å². The van der Waals surface area contributed by atoms with Crippen molar-refractivity contribution in [2.75, 3.05) is 34.3 Å². The van der Waals surface area contributed by atoms with Gasteiger partial charge < -0.3 is 57.0 Å². The van der Waals surface area contributed by atoms with Crippen molar-refractivity contribution in [1.29, 1.82) is 0 Å². The van der Waals surface area contributed by atoms with Crippen LogP contribution in [-0.4, -0.2) is 143 Å². The molecule has 1 heterocycles. The molecule has 1 aliphatic heterocycles. The second kappa shape index (κ2) is 29.6. The molecule has 392 valence electrons. The molecule has 2 aromatic rings. The van der Waals surface area contributed by atoms with Gasteiger partial charge in [0.15, 0.2) is 0 Å². The summed E-state index contributed by atoms with van der Waals surface area (Å²) in [5, 5.41) is 46.7. The Morgan fingerprint density at radius 3 is 1.86 bits per heavy atom. The lowest BCUT2D eigenvalue weighted by atomic mass is 9.93. The van der Waals surface area contributed by atoms with Crippen LogP contribution in [0, 0.1) is 0 Å². The van der Waals surface area contributed by atoms with Gasteiger partial charge in [-0.3, -0.25) is 43.2 Å². The highest BCUT2D eigenvalue weighted by atomic mass is 16.3. The summed E-state index contributed by atoms with van der Waals surface area (Å²) in [5.41, 5.74) is 0.611. The number of hydrogen-bond donors (Lipinski definition) is 9. The smallest absolute Gasteiger partial charge is 0.289 e. The summed E-state index contributed by atoms with van der Waals surface area (Å²) < 4.78 is 0. The van der Waals surface area contributed by atoms with Gasteiger partial charge in [-0.05, 0) is 62.6 Å². The van der Waals surface area contributed by atoms with Crippen LogP contribution >= 0.6 is 0 Å². The van der Waals surface area contributed by atoms with Crippen molar-refractivity contribution in [2.24, 2.45) is 0 Å². The number of aliphatic hydroxyl groups is 1. The van der Waals surface area contributed by atoms with Crippen LogP contribution in [0.5, 0.6) is 11.5 Å². The van der Waals surface area contributed by atoms with E-state index in [1.54, 1.807) is 0 Å². The third kappa shape index (κ3) is 18.0. The molecule has 3 rings (SSSR count). The summed E-state index contributed by atoms with van der Waals surface area (Å²) in [6, 6.07) is 0.179. The number of carbonyl (C=O) groups excluding carboxylic acids is 9. The number of phenolic OH excluding ortho intramolecular Hbond substituents is 2. The lowest BCUT2D eigenvalue weighted by Crippen LogP contribution is -2.57. The Morgan fingerprint density at radius 1 is 0.718 bits per heavy atom. The third-order valence-electron chi connectivity index (χ3n) is 12.7. The van der Waals surface area contributed by atoms with E-state index in [2.05, 4.69) is 38.8 Å². The molecule has 1 aliphatic rings. The van der Waals surface area contributed by atoms with Crippen molar-refractivity contribution in [3.05, 3.63) is 47.5 Å². The highest BCUT2D eigenvalue weighted by molar-refractivity contribution is 6.38. The first kappa shape index (κ1) is 58.7. The number of fused-ring (bicyclic) bond motifs is 5. The van der Waals surface area contributed by atoms with Crippen LogP contribution < -0.4 is 31.9 Å². The van der Waals surface area contributed by atoms with Crippen molar-refractivity contribution >= 4 is 53.0 Å². The number of unbranched alkanes of at least 4 members (excludes halogenated alkanes) is 12. The Bertz CT molecular complexity index is 2190. The number of amides is 8. The fraction of sp³-hybridized carbons (Fsp3) is 0.588. The van der Waals surface area contributed by atoms with Gasteiger partial charge in [0.25, 0.3) is 5.91 Å². The van der Waals surface area contributed by atoms with E-state index in [0.29, 0.717) is 12.0 Å². The predicted molar refractivity (Wildman–Crippen MR) is 265 cm³/mol. The van der Waals surface area contributed by atoms with Crippen LogP contribution in [0.4, 0.5) is 0 Å². The number of aliphatic hydroxyl groups excluding tert-OH is 1. The van der Waals surface area contributed by atoms with Crippen LogP contribution in [0.15, 0.2) is 36.4 Å². The zero-order chi connectivity index (χ0) is 52.8. The number of likely N-dealkylation sites (N-methyl/N-ethyl adjacent to an activating group) is 3. The molecule has 0 aromatic heterocycles. The van der Waals surface area contributed by atoms with Crippen LogP contribution in [0.25, 0.3) is 11.1 Å². The number of hydrogen-bond acceptors (Lipinski definition) is 12. The first-order valence-electron chi connectivity index (χ1n) is 24.8. The maximum absolute atomic E-state index is 14.1. The fourth-order valence-electron chi connectivity index (χ4n) is 8.20. The zero-order valence-electron chi connectivity index (χ0n) is 42.4. The molecule has 20 nitrogen and oxygen atoms in total. The summed E-state index contributed by atoms with van der Waals surface area (Å²) in [6.07, 6.45) is 15.0. The summed E-state index contributed by atoms with van der Waals surface area (Å²) in [4.78, 5) is 121. The molecule has 0 radical (unpaired) electrons. The van der Waals surface area contributed by atoms with Crippen molar-refractivity contribution < 1.29 is 58.5 Å². The number of Topliss-reactive ketones (excluding diaryl/α,β-unsaturated/α-hetero) is 1. The molecule has 0 unspecified atom stereocenters. The second-order valence-electron chi connectivity index (χ2n) is 18.3. The van der Waals surface area contributed by atoms with Crippen LogP contribution in [-0.2, 0) is 49.6 Å². The molecule has 20 heteroatoms. The second-order valence-corrected chi connectivity index (χ2v) is 18.3. The first-order chi connectivity index (χ1) is 33.7. The number of benzene rings is 2. The minimum absolute atomic E-state index is 0.0337.